The normalized spacial score (nSPS) is 14.4. The van der Waals surface area contributed by atoms with E-state index in [1.807, 2.05) is 6.07 Å². The van der Waals surface area contributed by atoms with E-state index in [1.165, 1.54) is 35.0 Å². The van der Waals surface area contributed by atoms with Gasteiger partial charge in [0.15, 0.2) is 0 Å². The third-order valence-electron chi connectivity index (χ3n) is 4.87. The van der Waals surface area contributed by atoms with E-state index in [1.54, 1.807) is 4.90 Å². The number of carbonyl (C=O) groups excluding carboxylic acids is 1. The zero-order chi connectivity index (χ0) is 18.8. The lowest BCUT2D eigenvalue weighted by molar-refractivity contribution is -0.384. The fourth-order valence-electron chi connectivity index (χ4n) is 3.20. The number of carbonyl (C=O) groups is 1. The second kappa shape index (κ2) is 7.33. The molecular formula is C19H20ClN3O3. The molecule has 2 aromatic carbocycles. The van der Waals surface area contributed by atoms with E-state index in [2.05, 4.69) is 30.9 Å². The summed E-state index contributed by atoms with van der Waals surface area (Å²) < 4.78 is 0. The number of amides is 1. The number of rotatable bonds is 3. The van der Waals surface area contributed by atoms with Gasteiger partial charge in [-0.25, -0.2) is 0 Å². The number of halogens is 1. The van der Waals surface area contributed by atoms with Crippen molar-refractivity contribution in [3.63, 3.8) is 0 Å². The molecular weight excluding hydrogens is 354 g/mol. The van der Waals surface area contributed by atoms with Gasteiger partial charge in [-0.15, -0.1) is 0 Å². The van der Waals surface area contributed by atoms with Crippen molar-refractivity contribution in [2.45, 2.75) is 13.8 Å². The highest BCUT2D eigenvalue weighted by atomic mass is 35.5. The SMILES string of the molecule is Cc1cccc(N2CCN(C(=O)c3ccc(Cl)c([N+](=O)[O-])c3)CC2)c1C. The number of nitro benzene ring substituents is 1. The molecule has 0 radical (unpaired) electrons. The molecule has 6 nitrogen and oxygen atoms in total. The minimum absolute atomic E-state index is 0.0336. The Kier molecular flexibility index (Phi) is 5.13. The maximum absolute atomic E-state index is 12.7. The van der Waals surface area contributed by atoms with Gasteiger partial charge >= 0.3 is 0 Å². The van der Waals surface area contributed by atoms with Crippen LogP contribution in [0.25, 0.3) is 0 Å². The van der Waals surface area contributed by atoms with Crippen molar-refractivity contribution in [1.29, 1.82) is 0 Å². The van der Waals surface area contributed by atoms with Crippen molar-refractivity contribution < 1.29 is 9.72 Å². The second-order valence-electron chi connectivity index (χ2n) is 6.42. The predicted octanol–water partition coefficient (Wildman–Crippen LogP) is 3.83. The van der Waals surface area contributed by atoms with Crippen LogP contribution in [-0.2, 0) is 0 Å². The van der Waals surface area contributed by atoms with E-state index in [-0.39, 0.29) is 16.6 Å². The minimum atomic E-state index is -0.572. The summed E-state index contributed by atoms with van der Waals surface area (Å²) in [4.78, 5) is 27.1. The Balaban J connectivity index is 1.72. The van der Waals surface area contributed by atoms with Crippen LogP contribution in [0.3, 0.4) is 0 Å². The van der Waals surface area contributed by atoms with E-state index in [0.717, 1.165) is 13.1 Å². The van der Waals surface area contributed by atoms with Gasteiger partial charge in [-0.1, -0.05) is 23.7 Å². The van der Waals surface area contributed by atoms with Gasteiger partial charge in [0.05, 0.1) is 4.92 Å². The first kappa shape index (κ1) is 18.2. The van der Waals surface area contributed by atoms with Gasteiger partial charge in [-0.3, -0.25) is 14.9 Å². The van der Waals surface area contributed by atoms with Gasteiger partial charge in [-0.05, 0) is 43.2 Å². The monoisotopic (exact) mass is 373 g/mol. The summed E-state index contributed by atoms with van der Waals surface area (Å²) in [5.41, 5.74) is 3.74. The van der Waals surface area contributed by atoms with Crippen molar-refractivity contribution in [3.05, 3.63) is 68.2 Å². The molecule has 3 rings (SSSR count). The smallest absolute Gasteiger partial charge is 0.288 e. The number of benzene rings is 2. The maximum atomic E-state index is 12.7. The lowest BCUT2D eigenvalue weighted by Crippen LogP contribution is -2.49. The van der Waals surface area contributed by atoms with Gasteiger partial charge in [0.2, 0.25) is 0 Å². The molecule has 0 bridgehead atoms. The van der Waals surface area contributed by atoms with Crippen LogP contribution in [0.2, 0.25) is 5.02 Å². The molecule has 1 saturated heterocycles. The Hall–Kier alpha value is -2.60. The van der Waals surface area contributed by atoms with Crippen LogP contribution in [-0.4, -0.2) is 41.9 Å². The number of hydrogen-bond donors (Lipinski definition) is 0. The molecule has 0 spiro atoms. The van der Waals surface area contributed by atoms with E-state index in [4.69, 9.17) is 11.6 Å². The van der Waals surface area contributed by atoms with Crippen LogP contribution in [0.15, 0.2) is 36.4 Å². The first-order valence-electron chi connectivity index (χ1n) is 8.43. The first-order valence-corrected chi connectivity index (χ1v) is 8.80. The number of hydrogen-bond acceptors (Lipinski definition) is 4. The molecule has 1 aliphatic rings. The van der Waals surface area contributed by atoms with E-state index in [9.17, 15) is 14.9 Å². The molecule has 0 unspecified atom stereocenters. The summed E-state index contributed by atoms with van der Waals surface area (Å²) >= 11 is 5.82. The molecule has 1 heterocycles. The van der Waals surface area contributed by atoms with Crippen LogP contribution in [0.5, 0.6) is 0 Å². The summed E-state index contributed by atoms with van der Waals surface area (Å²) in [7, 11) is 0. The highest BCUT2D eigenvalue weighted by Gasteiger charge is 2.25. The topological polar surface area (TPSA) is 66.7 Å². The third-order valence-corrected chi connectivity index (χ3v) is 5.19. The zero-order valence-electron chi connectivity index (χ0n) is 14.7. The minimum Gasteiger partial charge on any atom is -0.368 e. The highest BCUT2D eigenvalue weighted by molar-refractivity contribution is 6.32. The van der Waals surface area contributed by atoms with Crippen LogP contribution in [0, 0.1) is 24.0 Å². The highest BCUT2D eigenvalue weighted by Crippen LogP contribution is 2.27. The third kappa shape index (κ3) is 3.51. The number of aryl methyl sites for hydroxylation is 1. The largest absolute Gasteiger partial charge is 0.368 e. The molecule has 136 valence electrons. The van der Waals surface area contributed by atoms with Gasteiger partial charge in [0, 0.05) is 43.5 Å². The quantitative estimate of drug-likeness (QED) is 0.605. The average Bonchev–Trinajstić information content (AvgIpc) is 2.64. The summed E-state index contributed by atoms with van der Waals surface area (Å²) in [5.74, 6) is -0.203. The van der Waals surface area contributed by atoms with Crippen molar-refractivity contribution in [2.75, 3.05) is 31.1 Å². The number of piperazine rings is 1. The zero-order valence-corrected chi connectivity index (χ0v) is 15.5. The van der Waals surface area contributed by atoms with Crippen molar-refractivity contribution in [1.82, 2.24) is 4.90 Å². The average molecular weight is 374 g/mol. The van der Waals surface area contributed by atoms with Crippen molar-refractivity contribution in [3.8, 4) is 0 Å². The molecule has 0 saturated carbocycles. The lowest BCUT2D eigenvalue weighted by Gasteiger charge is -2.37. The lowest BCUT2D eigenvalue weighted by atomic mass is 10.1. The number of nitrogens with zero attached hydrogens (tertiary/aromatic N) is 3. The van der Waals surface area contributed by atoms with Crippen molar-refractivity contribution in [2.24, 2.45) is 0 Å². The molecule has 0 aromatic heterocycles. The summed E-state index contributed by atoms with van der Waals surface area (Å²) in [6, 6.07) is 10.4. The van der Waals surface area contributed by atoms with Crippen LogP contribution >= 0.6 is 11.6 Å². The maximum Gasteiger partial charge on any atom is 0.288 e. The summed E-state index contributed by atoms with van der Waals surface area (Å²) in [5, 5.41) is 11.1. The Morgan fingerprint density at radius 2 is 1.81 bits per heavy atom. The molecule has 0 N–H and O–H groups in total. The molecule has 0 atom stereocenters. The Morgan fingerprint density at radius 1 is 1.12 bits per heavy atom. The van der Waals surface area contributed by atoms with E-state index in [0.29, 0.717) is 18.7 Å². The fraction of sp³-hybridized carbons (Fsp3) is 0.316. The molecule has 2 aromatic rings. The van der Waals surface area contributed by atoms with Crippen LogP contribution in [0.4, 0.5) is 11.4 Å². The second-order valence-corrected chi connectivity index (χ2v) is 6.83. The summed E-state index contributed by atoms with van der Waals surface area (Å²) in [6.45, 7) is 6.80. The molecule has 26 heavy (non-hydrogen) atoms. The fourth-order valence-corrected chi connectivity index (χ4v) is 3.38. The Bertz CT molecular complexity index is 861. The Morgan fingerprint density at radius 3 is 2.46 bits per heavy atom. The molecule has 1 aliphatic heterocycles. The number of anilines is 1. The Labute approximate surface area is 157 Å². The molecule has 1 amide bonds. The molecule has 1 fully saturated rings. The van der Waals surface area contributed by atoms with Crippen LogP contribution in [0.1, 0.15) is 21.5 Å². The van der Waals surface area contributed by atoms with Gasteiger partial charge in [-0.2, -0.15) is 0 Å². The summed E-state index contributed by atoms with van der Waals surface area (Å²) in [6.07, 6.45) is 0. The standard InChI is InChI=1S/C19H20ClN3O3/c1-13-4-3-5-17(14(13)2)21-8-10-22(11-9-21)19(24)15-6-7-16(20)18(12-15)23(25)26/h3-7,12H,8-11H2,1-2H3. The van der Waals surface area contributed by atoms with E-state index >= 15 is 0 Å². The van der Waals surface area contributed by atoms with Gasteiger partial charge in [0.1, 0.15) is 5.02 Å². The number of nitro groups is 1. The van der Waals surface area contributed by atoms with Gasteiger partial charge < -0.3 is 9.80 Å². The van der Waals surface area contributed by atoms with Crippen molar-refractivity contribution >= 4 is 28.9 Å². The molecule has 0 aliphatic carbocycles. The van der Waals surface area contributed by atoms with Crippen LogP contribution < -0.4 is 4.90 Å². The van der Waals surface area contributed by atoms with Gasteiger partial charge in [0.25, 0.3) is 11.6 Å². The molecule has 7 heteroatoms. The first-order chi connectivity index (χ1) is 12.4. The predicted molar refractivity (Wildman–Crippen MR) is 102 cm³/mol. The van der Waals surface area contributed by atoms with E-state index < -0.39 is 4.92 Å².